The number of pyridine rings is 1. The second kappa shape index (κ2) is 6.28. The number of anilines is 2. The zero-order valence-corrected chi connectivity index (χ0v) is 13.7. The first-order chi connectivity index (χ1) is 12.3. The summed E-state index contributed by atoms with van der Waals surface area (Å²) in [6, 6.07) is 20.8. The first kappa shape index (κ1) is 15.2. The number of nitrogens with zero attached hydrogens (tertiary/aromatic N) is 2. The molecule has 3 aromatic rings. The number of hydrogen-bond donors (Lipinski definition) is 1. The van der Waals surface area contributed by atoms with Crippen molar-refractivity contribution in [3.05, 3.63) is 84.1 Å². The lowest BCUT2D eigenvalue weighted by atomic mass is 10.1. The lowest BCUT2D eigenvalue weighted by Crippen LogP contribution is -2.33. The zero-order chi connectivity index (χ0) is 17.2. The predicted octanol–water partition coefficient (Wildman–Crippen LogP) is 3.86. The maximum Gasteiger partial charge on any atom is 0.261 e. The quantitative estimate of drug-likeness (QED) is 0.789. The molecule has 5 heteroatoms. The van der Waals surface area contributed by atoms with Crippen molar-refractivity contribution in [2.75, 3.05) is 17.3 Å². The van der Waals surface area contributed by atoms with Crippen molar-refractivity contribution in [1.29, 1.82) is 0 Å². The molecule has 2 aromatic carbocycles. The molecule has 25 heavy (non-hydrogen) atoms. The van der Waals surface area contributed by atoms with Crippen LogP contribution in [0, 0.1) is 0 Å². The van der Waals surface area contributed by atoms with Gasteiger partial charge in [0, 0.05) is 17.3 Å². The highest BCUT2D eigenvalue weighted by molar-refractivity contribution is 6.11. The van der Waals surface area contributed by atoms with E-state index in [1.165, 1.54) is 0 Å². The van der Waals surface area contributed by atoms with Crippen molar-refractivity contribution >= 4 is 17.4 Å². The molecule has 1 aliphatic heterocycles. The average Bonchev–Trinajstić information content (AvgIpc) is 2.95. The van der Waals surface area contributed by atoms with E-state index in [0.717, 1.165) is 17.0 Å². The Morgan fingerprint density at radius 2 is 1.76 bits per heavy atom. The van der Waals surface area contributed by atoms with E-state index in [0.29, 0.717) is 11.4 Å². The van der Waals surface area contributed by atoms with E-state index in [-0.39, 0.29) is 12.1 Å². The molecule has 0 bridgehead atoms. The van der Waals surface area contributed by atoms with Gasteiger partial charge in [-0.1, -0.05) is 36.4 Å². The number of ether oxygens (including phenoxy) is 1. The number of hydrogen-bond acceptors (Lipinski definition) is 4. The second-order valence-electron chi connectivity index (χ2n) is 5.70. The fourth-order valence-electron chi connectivity index (χ4n) is 3.10. The Morgan fingerprint density at radius 1 is 1.00 bits per heavy atom. The molecule has 0 aliphatic carbocycles. The first-order valence-corrected chi connectivity index (χ1v) is 8.02. The summed E-state index contributed by atoms with van der Waals surface area (Å²) in [7, 11) is 1.63. The van der Waals surface area contributed by atoms with Gasteiger partial charge >= 0.3 is 0 Å². The molecule has 124 valence electrons. The maximum atomic E-state index is 13.0. The van der Waals surface area contributed by atoms with Crippen LogP contribution in [0.5, 0.6) is 5.75 Å². The Labute approximate surface area is 145 Å². The van der Waals surface area contributed by atoms with Crippen LogP contribution in [-0.2, 0) is 0 Å². The SMILES string of the molecule is COc1ccccc1N[C@@H]1c2ccccc2C(=O)N1c1ccccn1. The molecule has 1 aromatic heterocycles. The highest BCUT2D eigenvalue weighted by atomic mass is 16.5. The Bertz CT molecular complexity index is 912. The molecule has 0 saturated heterocycles. The van der Waals surface area contributed by atoms with Crippen LogP contribution in [0.3, 0.4) is 0 Å². The Kier molecular flexibility index (Phi) is 3.82. The molecular formula is C20H17N3O2. The van der Waals surface area contributed by atoms with E-state index in [9.17, 15) is 4.79 Å². The molecule has 1 aliphatic rings. The van der Waals surface area contributed by atoms with E-state index < -0.39 is 0 Å². The normalized spacial score (nSPS) is 15.8. The minimum Gasteiger partial charge on any atom is -0.495 e. The maximum absolute atomic E-state index is 13.0. The lowest BCUT2D eigenvalue weighted by molar-refractivity contribution is 0.0992. The third-order valence-electron chi connectivity index (χ3n) is 4.26. The Balaban J connectivity index is 1.80. The van der Waals surface area contributed by atoms with Crippen LogP contribution in [-0.4, -0.2) is 18.0 Å². The van der Waals surface area contributed by atoms with Gasteiger partial charge in [-0.25, -0.2) is 4.98 Å². The van der Waals surface area contributed by atoms with Crippen LogP contribution in [0.1, 0.15) is 22.1 Å². The summed E-state index contributed by atoms with van der Waals surface area (Å²) in [5.74, 6) is 1.26. The van der Waals surface area contributed by atoms with Gasteiger partial charge in [0.05, 0.1) is 12.8 Å². The summed E-state index contributed by atoms with van der Waals surface area (Å²) in [6.45, 7) is 0. The minimum absolute atomic E-state index is 0.0679. The number of fused-ring (bicyclic) bond motifs is 1. The summed E-state index contributed by atoms with van der Waals surface area (Å²) in [6.07, 6.45) is 1.33. The zero-order valence-electron chi connectivity index (χ0n) is 13.7. The number of aromatic nitrogens is 1. The van der Waals surface area contributed by atoms with Crippen LogP contribution in [0.4, 0.5) is 11.5 Å². The average molecular weight is 331 g/mol. The van der Waals surface area contributed by atoms with E-state index in [2.05, 4.69) is 10.3 Å². The molecule has 1 amide bonds. The molecule has 0 spiro atoms. The summed E-state index contributed by atoms with van der Waals surface area (Å²) in [4.78, 5) is 19.0. The van der Waals surface area contributed by atoms with Crippen LogP contribution >= 0.6 is 0 Å². The Morgan fingerprint density at radius 3 is 2.56 bits per heavy atom. The number of nitrogens with one attached hydrogen (secondary N) is 1. The summed E-state index contributed by atoms with van der Waals surface area (Å²) < 4.78 is 5.43. The molecule has 2 heterocycles. The summed E-state index contributed by atoms with van der Waals surface area (Å²) in [5.41, 5.74) is 2.42. The van der Waals surface area contributed by atoms with Gasteiger partial charge in [0.15, 0.2) is 0 Å². The van der Waals surface area contributed by atoms with Gasteiger partial charge in [-0.05, 0) is 30.3 Å². The third kappa shape index (κ3) is 2.59. The monoisotopic (exact) mass is 331 g/mol. The largest absolute Gasteiger partial charge is 0.495 e. The van der Waals surface area contributed by atoms with Gasteiger partial charge in [-0.15, -0.1) is 0 Å². The summed E-state index contributed by atoms with van der Waals surface area (Å²) in [5, 5.41) is 3.44. The van der Waals surface area contributed by atoms with Gasteiger partial charge in [0.1, 0.15) is 17.7 Å². The van der Waals surface area contributed by atoms with Crippen LogP contribution < -0.4 is 15.0 Å². The lowest BCUT2D eigenvalue weighted by Gasteiger charge is -2.26. The fraction of sp³-hybridized carbons (Fsp3) is 0.100. The van der Waals surface area contributed by atoms with Crippen molar-refractivity contribution in [2.45, 2.75) is 6.17 Å². The number of para-hydroxylation sites is 2. The van der Waals surface area contributed by atoms with E-state index in [1.54, 1.807) is 18.2 Å². The number of methoxy groups -OCH3 is 1. The van der Waals surface area contributed by atoms with Gasteiger partial charge in [-0.3, -0.25) is 9.69 Å². The van der Waals surface area contributed by atoms with Gasteiger partial charge in [-0.2, -0.15) is 0 Å². The van der Waals surface area contributed by atoms with Crippen molar-refractivity contribution in [3.63, 3.8) is 0 Å². The number of rotatable bonds is 4. The number of carbonyl (C=O) groups is 1. The van der Waals surface area contributed by atoms with Crippen molar-refractivity contribution in [1.82, 2.24) is 4.98 Å². The molecule has 1 N–H and O–H groups in total. The number of benzene rings is 2. The van der Waals surface area contributed by atoms with Crippen LogP contribution in [0.2, 0.25) is 0 Å². The van der Waals surface area contributed by atoms with Crippen LogP contribution in [0.15, 0.2) is 72.9 Å². The van der Waals surface area contributed by atoms with Crippen molar-refractivity contribution in [3.8, 4) is 5.75 Å². The highest BCUT2D eigenvalue weighted by Gasteiger charge is 2.38. The fourth-order valence-corrected chi connectivity index (χ4v) is 3.10. The van der Waals surface area contributed by atoms with Gasteiger partial charge in [0.25, 0.3) is 5.91 Å². The van der Waals surface area contributed by atoms with E-state index in [4.69, 9.17) is 4.74 Å². The molecule has 0 unspecified atom stereocenters. The molecule has 1 atom stereocenters. The molecule has 0 saturated carbocycles. The first-order valence-electron chi connectivity index (χ1n) is 8.02. The van der Waals surface area contributed by atoms with Crippen molar-refractivity contribution < 1.29 is 9.53 Å². The Hall–Kier alpha value is -3.34. The molecule has 5 nitrogen and oxygen atoms in total. The van der Waals surface area contributed by atoms with Gasteiger partial charge < -0.3 is 10.1 Å². The molecule has 0 fully saturated rings. The van der Waals surface area contributed by atoms with Crippen molar-refractivity contribution in [2.24, 2.45) is 0 Å². The number of carbonyl (C=O) groups excluding carboxylic acids is 1. The molecule has 4 rings (SSSR count). The summed E-state index contributed by atoms with van der Waals surface area (Å²) >= 11 is 0. The highest BCUT2D eigenvalue weighted by Crippen LogP contribution is 2.38. The molecule has 0 radical (unpaired) electrons. The third-order valence-corrected chi connectivity index (χ3v) is 4.26. The van der Waals surface area contributed by atoms with Gasteiger partial charge in [0.2, 0.25) is 0 Å². The predicted molar refractivity (Wildman–Crippen MR) is 96.8 cm³/mol. The van der Waals surface area contributed by atoms with E-state index >= 15 is 0 Å². The van der Waals surface area contributed by atoms with Crippen LogP contribution in [0.25, 0.3) is 0 Å². The topological polar surface area (TPSA) is 54.5 Å². The number of amides is 1. The van der Waals surface area contributed by atoms with E-state index in [1.807, 2.05) is 66.7 Å². The standard InChI is InChI=1S/C20H17N3O2/c1-25-17-11-5-4-10-16(17)22-19-14-8-2-3-9-15(14)20(24)23(19)18-12-6-7-13-21-18/h2-13,19,22H,1H3/t19-/m0/s1. The molecular weight excluding hydrogens is 314 g/mol. The second-order valence-corrected chi connectivity index (χ2v) is 5.70. The minimum atomic E-state index is -0.352. The smallest absolute Gasteiger partial charge is 0.261 e.